The van der Waals surface area contributed by atoms with Crippen LogP contribution in [0.5, 0.6) is 0 Å². The van der Waals surface area contributed by atoms with Gasteiger partial charge in [-0.1, -0.05) is 6.07 Å². The Hall–Kier alpha value is -2.43. The molecular weight excluding hydrogens is 242 g/mol. The van der Waals surface area contributed by atoms with E-state index in [4.69, 9.17) is 5.11 Å². The van der Waals surface area contributed by atoms with Crippen molar-refractivity contribution < 1.29 is 9.90 Å². The number of carboxylic acids is 1. The molecule has 5 heteroatoms. The van der Waals surface area contributed by atoms with Crippen molar-refractivity contribution in [1.29, 1.82) is 0 Å². The van der Waals surface area contributed by atoms with Crippen LogP contribution in [0.3, 0.4) is 0 Å². The van der Waals surface area contributed by atoms with Crippen LogP contribution in [0.4, 0.5) is 11.5 Å². The van der Waals surface area contributed by atoms with E-state index >= 15 is 0 Å². The van der Waals surface area contributed by atoms with Crippen LogP contribution in [0.25, 0.3) is 0 Å². The molecule has 2 rings (SSSR count). The fourth-order valence-electron chi connectivity index (χ4n) is 2.01. The summed E-state index contributed by atoms with van der Waals surface area (Å²) >= 11 is 0. The number of nitrogens with zero attached hydrogens (tertiary/aromatic N) is 3. The third-order valence-electron chi connectivity index (χ3n) is 2.83. The average molecular weight is 257 g/mol. The summed E-state index contributed by atoms with van der Waals surface area (Å²) in [7, 11) is 1.79. The van der Waals surface area contributed by atoms with Crippen LogP contribution in [-0.2, 0) is 0 Å². The lowest BCUT2D eigenvalue weighted by atomic mass is 10.1. The Morgan fingerprint density at radius 3 is 2.42 bits per heavy atom. The molecule has 2 aromatic rings. The second-order valence-corrected chi connectivity index (χ2v) is 4.47. The normalized spacial score (nSPS) is 10.3. The summed E-state index contributed by atoms with van der Waals surface area (Å²) in [5.41, 5.74) is 3.23. The molecule has 5 nitrogen and oxygen atoms in total. The molecule has 1 heterocycles. The monoisotopic (exact) mass is 257 g/mol. The summed E-state index contributed by atoms with van der Waals surface area (Å²) in [5.74, 6) is -0.653. The molecule has 0 saturated carbocycles. The lowest BCUT2D eigenvalue weighted by molar-refractivity contribution is 0.0697. The molecule has 1 aromatic carbocycles. The maximum absolute atomic E-state index is 11.2. The highest BCUT2D eigenvalue weighted by Crippen LogP contribution is 2.26. The fourth-order valence-corrected chi connectivity index (χ4v) is 2.01. The van der Waals surface area contributed by atoms with Crippen molar-refractivity contribution >= 4 is 17.5 Å². The van der Waals surface area contributed by atoms with Gasteiger partial charge < -0.3 is 10.0 Å². The minimum absolute atomic E-state index is 0.0872. The lowest BCUT2D eigenvalue weighted by Crippen LogP contribution is -2.16. The Kier molecular flexibility index (Phi) is 3.46. The molecule has 0 atom stereocenters. The molecule has 0 aliphatic heterocycles. The number of hydrogen-bond donors (Lipinski definition) is 1. The summed E-state index contributed by atoms with van der Waals surface area (Å²) in [6.45, 7) is 4.00. The molecule has 1 aromatic heterocycles. The molecule has 0 aliphatic carbocycles. The molecule has 19 heavy (non-hydrogen) atoms. The molecular formula is C14H15N3O2. The molecule has 0 unspecified atom stereocenters. The zero-order chi connectivity index (χ0) is 14.0. The van der Waals surface area contributed by atoms with Gasteiger partial charge in [0.2, 0.25) is 0 Å². The number of carboxylic acid groups (broad SMARTS) is 1. The predicted octanol–water partition coefficient (Wildman–Crippen LogP) is 2.56. The van der Waals surface area contributed by atoms with Gasteiger partial charge in [0.25, 0.3) is 0 Å². The summed E-state index contributed by atoms with van der Waals surface area (Å²) in [6, 6.07) is 6.04. The van der Waals surface area contributed by atoms with Gasteiger partial charge in [-0.2, -0.15) is 0 Å². The molecule has 0 spiro atoms. The number of rotatable bonds is 3. The van der Waals surface area contributed by atoms with Crippen LogP contribution >= 0.6 is 0 Å². The SMILES string of the molecule is Cc1cc(C)cc(N(C)c2ncncc2C(=O)O)c1. The van der Waals surface area contributed by atoms with Gasteiger partial charge in [0.15, 0.2) is 5.82 Å². The van der Waals surface area contributed by atoms with Gasteiger partial charge in [-0.05, 0) is 37.1 Å². The number of aromatic carboxylic acids is 1. The first-order valence-corrected chi connectivity index (χ1v) is 5.84. The number of benzene rings is 1. The third kappa shape index (κ3) is 2.70. The second kappa shape index (κ2) is 5.06. The topological polar surface area (TPSA) is 66.3 Å². The lowest BCUT2D eigenvalue weighted by Gasteiger charge is -2.20. The van der Waals surface area contributed by atoms with Crippen LogP contribution < -0.4 is 4.90 Å². The van der Waals surface area contributed by atoms with Crippen LogP contribution in [0, 0.1) is 13.8 Å². The number of hydrogen-bond acceptors (Lipinski definition) is 4. The van der Waals surface area contributed by atoms with Gasteiger partial charge >= 0.3 is 5.97 Å². The van der Waals surface area contributed by atoms with Crippen molar-refractivity contribution in [2.24, 2.45) is 0 Å². The van der Waals surface area contributed by atoms with E-state index in [0.717, 1.165) is 16.8 Å². The van der Waals surface area contributed by atoms with Gasteiger partial charge in [-0.25, -0.2) is 14.8 Å². The van der Waals surface area contributed by atoms with Crippen LogP contribution in [-0.4, -0.2) is 28.1 Å². The largest absolute Gasteiger partial charge is 0.477 e. The Morgan fingerprint density at radius 1 is 1.21 bits per heavy atom. The van der Waals surface area contributed by atoms with E-state index in [1.807, 2.05) is 26.0 Å². The van der Waals surface area contributed by atoms with Crippen LogP contribution in [0.1, 0.15) is 21.5 Å². The van der Waals surface area contributed by atoms with Crippen LogP contribution in [0.15, 0.2) is 30.7 Å². The van der Waals surface area contributed by atoms with E-state index in [9.17, 15) is 4.79 Å². The number of carbonyl (C=O) groups is 1. The highest BCUT2D eigenvalue weighted by Gasteiger charge is 2.16. The Bertz CT molecular complexity index is 606. The molecule has 0 saturated heterocycles. The Balaban J connectivity index is 2.49. The van der Waals surface area contributed by atoms with E-state index in [0.29, 0.717) is 5.82 Å². The van der Waals surface area contributed by atoms with E-state index < -0.39 is 5.97 Å². The molecule has 98 valence electrons. The third-order valence-corrected chi connectivity index (χ3v) is 2.83. The highest BCUT2D eigenvalue weighted by molar-refractivity contribution is 5.93. The minimum atomic E-state index is -1.04. The van der Waals surface area contributed by atoms with Crippen molar-refractivity contribution in [1.82, 2.24) is 9.97 Å². The predicted molar refractivity (Wildman–Crippen MR) is 73.0 cm³/mol. The summed E-state index contributed by atoms with van der Waals surface area (Å²) < 4.78 is 0. The minimum Gasteiger partial charge on any atom is -0.477 e. The highest BCUT2D eigenvalue weighted by atomic mass is 16.4. The zero-order valence-corrected chi connectivity index (χ0v) is 11.1. The van der Waals surface area contributed by atoms with Crippen molar-refractivity contribution in [3.63, 3.8) is 0 Å². The first kappa shape index (κ1) is 13.0. The average Bonchev–Trinajstić information content (AvgIpc) is 2.36. The van der Waals surface area contributed by atoms with Crippen LogP contribution in [0.2, 0.25) is 0 Å². The number of anilines is 2. The van der Waals surface area contributed by atoms with Crippen molar-refractivity contribution in [2.45, 2.75) is 13.8 Å². The van der Waals surface area contributed by atoms with E-state index in [1.165, 1.54) is 12.5 Å². The molecule has 0 amide bonds. The van der Waals surface area contributed by atoms with E-state index in [1.54, 1.807) is 11.9 Å². The Morgan fingerprint density at radius 2 is 1.84 bits per heavy atom. The number of aromatic nitrogens is 2. The molecule has 0 bridgehead atoms. The van der Waals surface area contributed by atoms with Crippen molar-refractivity contribution in [3.05, 3.63) is 47.4 Å². The second-order valence-electron chi connectivity index (χ2n) is 4.47. The van der Waals surface area contributed by atoms with Gasteiger partial charge in [0.1, 0.15) is 11.9 Å². The number of aryl methyl sites for hydroxylation is 2. The van der Waals surface area contributed by atoms with E-state index in [2.05, 4.69) is 16.0 Å². The van der Waals surface area contributed by atoms with E-state index in [-0.39, 0.29) is 5.56 Å². The standard InChI is InChI=1S/C14H15N3O2/c1-9-4-10(2)6-11(5-9)17(3)13-12(14(18)19)7-15-8-16-13/h4-8H,1-3H3,(H,18,19). The van der Waals surface area contributed by atoms with Crippen molar-refractivity contribution in [2.75, 3.05) is 11.9 Å². The summed E-state index contributed by atoms with van der Waals surface area (Å²) in [4.78, 5) is 20.8. The molecule has 1 N–H and O–H groups in total. The van der Waals surface area contributed by atoms with Gasteiger partial charge in [0, 0.05) is 18.9 Å². The smallest absolute Gasteiger partial charge is 0.341 e. The quantitative estimate of drug-likeness (QED) is 0.915. The molecule has 0 aliphatic rings. The molecule has 0 radical (unpaired) electrons. The maximum atomic E-state index is 11.2. The zero-order valence-electron chi connectivity index (χ0n) is 11.1. The van der Waals surface area contributed by atoms with Crippen molar-refractivity contribution in [3.8, 4) is 0 Å². The van der Waals surface area contributed by atoms with Gasteiger partial charge in [0.05, 0.1) is 0 Å². The Labute approximate surface area is 111 Å². The van der Waals surface area contributed by atoms with Gasteiger partial charge in [-0.3, -0.25) is 0 Å². The maximum Gasteiger partial charge on any atom is 0.341 e. The first-order chi connectivity index (χ1) is 8.99. The summed E-state index contributed by atoms with van der Waals surface area (Å²) in [5, 5.41) is 9.16. The fraction of sp³-hybridized carbons (Fsp3) is 0.214. The first-order valence-electron chi connectivity index (χ1n) is 5.84. The van der Waals surface area contributed by atoms with Gasteiger partial charge in [-0.15, -0.1) is 0 Å². The molecule has 0 fully saturated rings. The summed E-state index contributed by atoms with van der Waals surface area (Å²) in [6.07, 6.45) is 2.66.